The lowest BCUT2D eigenvalue weighted by atomic mass is 9.91. The van der Waals surface area contributed by atoms with Crippen LogP contribution >= 0.6 is 0 Å². The second-order valence-electron chi connectivity index (χ2n) is 8.53. The van der Waals surface area contributed by atoms with Crippen molar-refractivity contribution in [1.82, 2.24) is 9.13 Å². The first kappa shape index (κ1) is 17.6. The van der Waals surface area contributed by atoms with E-state index in [9.17, 15) is 0 Å². The van der Waals surface area contributed by atoms with Crippen LogP contribution in [0.15, 0.2) is 109 Å². The van der Waals surface area contributed by atoms with Gasteiger partial charge in [-0.1, -0.05) is 72.8 Å². The van der Waals surface area contributed by atoms with Gasteiger partial charge in [-0.05, 0) is 54.8 Å². The van der Waals surface area contributed by atoms with E-state index in [4.69, 9.17) is 0 Å². The van der Waals surface area contributed by atoms with E-state index in [0.29, 0.717) is 0 Å². The second kappa shape index (κ2) is 6.73. The van der Waals surface area contributed by atoms with Crippen LogP contribution in [0.5, 0.6) is 0 Å². The number of rotatable bonds is 2. The Morgan fingerprint density at radius 3 is 1.69 bits per heavy atom. The van der Waals surface area contributed by atoms with Crippen LogP contribution in [0.2, 0.25) is 0 Å². The summed E-state index contributed by atoms with van der Waals surface area (Å²) in [7, 11) is 0. The van der Waals surface area contributed by atoms with Gasteiger partial charge >= 0.3 is 0 Å². The maximum atomic E-state index is 2.48. The second-order valence-corrected chi connectivity index (χ2v) is 8.53. The zero-order chi connectivity index (χ0) is 21.1. The first-order valence-corrected chi connectivity index (χ1v) is 11.3. The summed E-state index contributed by atoms with van der Waals surface area (Å²) in [5.41, 5.74) is 10.6. The summed E-state index contributed by atoms with van der Waals surface area (Å²) >= 11 is 0. The van der Waals surface area contributed by atoms with Gasteiger partial charge in [0.2, 0.25) is 0 Å². The Bertz CT molecular complexity index is 1600. The van der Waals surface area contributed by atoms with Crippen molar-refractivity contribution in [2.24, 2.45) is 0 Å². The Balaban J connectivity index is 1.66. The van der Waals surface area contributed by atoms with Gasteiger partial charge in [-0.3, -0.25) is 0 Å². The third-order valence-electron chi connectivity index (χ3n) is 6.83. The van der Waals surface area contributed by atoms with E-state index in [-0.39, 0.29) is 0 Å². The molecule has 2 aromatic heterocycles. The maximum absolute atomic E-state index is 2.48. The number of fused-ring (bicyclic) bond motifs is 7. The number of hydrogen-bond donors (Lipinski definition) is 0. The molecule has 2 heterocycles. The standard InChI is InChI=1S/C30H22N2/c1-3-11-21(12-4-1)31-27-18-10-8-16-25(27)29-28(31)20-19-24-23-15-7-9-17-26(23)32(30(24)29)22-13-5-2-6-14-22/h1-18H,19-20H2. The summed E-state index contributed by atoms with van der Waals surface area (Å²) in [5.74, 6) is 0. The third kappa shape index (κ3) is 2.35. The molecule has 0 fully saturated rings. The van der Waals surface area contributed by atoms with E-state index in [1.165, 1.54) is 55.7 Å². The van der Waals surface area contributed by atoms with Crippen LogP contribution in [0.4, 0.5) is 0 Å². The van der Waals surface area contributed by atoms with Gasteiger partial charge in [-0.2, -0.15) is 0 Å². The minimum absolute atomic E-state index is 1.04. The van der Waals surface area contributed by atoms with Crippen LogP contribution < -0.4 is 0 Å². The number of hydrogen-bond acceptors (Lipinski definition) is 0. The van der Waals surface area contributed by atoms with Crippen LogP contribution in [0.3, 0.4) is 0 Å². The topological polar surface area (TPSA) is 9.86 Å². The van der Waals surface area contributed by atoms with Crippen molar-refractivity contribution in [3.05, 3.63) is 120 Å². The zero-order valence-corrected chi connectivity index (χ0v) is 17.7. The minimum atomic E-state index is 1.04. The molecule has 4 aromatic carbocycles. The van der Waals surface area contributed by atoms with Gasteiger partial charge in [0.15, 0.2) is 0 Å². The lowest BCUT2D eigenvalue weighted by Crippen LogP contribution is -2.09. The van der Waals surface area contributed by atoms with E-state index >= 15 is 0 Å². The first-order valence-electron chi connectivity index (χ1n) is 11.3. The van der Waals surface area contributed by atoms with Gasteiger partial charge in [0.1, 0.15) is 0 Å². The molecule has 0 radical (unpaired) electrons. The Hall–Kier alpha value is -4.04. The SMILES string of the molecule is c1ccc(-n2c3c(c4ccccc42)-c2c(c4ccccc4n2-c2ccccc2)CC3)cc1. The normalized spacial score (nSPS) is 12.8. The zero-order valence-electron chi connectivity index (χ0n) is 17.7. The molecule has 0 atom stereocenters. The van der Waals surface area contributed by atoms with Crippen molar-refractivity contribution in [1.29, 1.82) is 0 Å². The summed E-state index contributed by atoms with van der Waals surface area (Å²) < 4.78 is 4.95. The van der Waals surface area contributed by atoms with Crippen LogP contribution in [0.1, 0.15) is 11.3 Å². The Morgan fingerprint density at radius 1 is 0.469 bits per heavy atom. The Morgan fingerprint density at radius 2 is 1.00 bits per heavy atom. The molecule has 1 aliphatic rings. The molecule has 2 nitrogen and oxygen atoms in total. The summed E-state index contributed by atoms with van der Waals surface area (Å²) in [6, 6.07) is 39.3. The van der Waals surface area contributed by atoms with E-state index in [2.05, 4.69) is 118 Å². The molecule has 0 N–H and O–H groups in total. The fraction of sp³-hybridized carbons (Fsp3) is 0.0667. The first-order chi connectivity index (χ1) is 15.9. The predicted octanol–water partition coefficient (Wildman–Crippen LogP) is 7.34. The molecule has 7 rings (SSSR count). The average Bonchev–Trinajstić information content (AvgIpc) is 3.38. The fourth-order valence-electron chi connectivity index (χ4n) is 5.58. The number of nitrogens with zero attached hydrogens (tertiary/aromatic N) is 2. The average molecular weight is 411 g/mol. The van der Waals surface area contributed by atoms with Gasteiger partial charge in [-0.25, -0.2) is 0 Å². The Kier molecular flexibility index (Phi) is 3.71. The van der Waals surface area contributed by atoms with Crippen LogP contribution in [0, 0.1) is 0 Å². The molecule has 0 bridgehead atoms. The van der Waals surface area contributed by atoms with Crippen molar-refractivity contribution in [3.63, 3.8) is 0 Å². The molecular weight excluding hydrogens is 388 g/mol. The summed E-state index contributed by atoms with van der Waals surface area (Å²) in [6.45, 7) is 0. The highest BCUT2D eigenvalue weighted by Gasteiger charge is 2.30. The number of aryl methyl sites for hydroxylation is 1. The number of para-hydroxylation sites is 4. The van der Waals surface area contributed by atoms with E-state index in [1.54, 1.807) is 0 Å². The molecule has 0 unspecified atom stereocenters. The van der Waals surface area contributed by atoms with Crippen molar-refractivity contribution in [3.8, 4) is 22.6 Å². The molecule has 2 heteroatoms. The smallest absolute Gasteiger partial charge is 0.0597 e. The van der Waals surface area contributed by atoms with Crippen LogP contribution in [0.25, 0.3) is 44.4 Å². The van der Waals surface area contributed by atoms with Crippen molar-refractivity contribution in [2.75, 3.05) is 0 Å². The number of benzene rings is 4. The highest BCUT2D eigenvalue weighted by atomic mass is 15.0. The summed E-state index contributed by atoms with van der Waals surface area (Å²) in [4.78, 5) is 0. The van der Waals surface area contributed by atoms with Crippen molar-refractivity contribution >= 4 is 21.8 Å². The van der Waals surface area contributed by atoms with E-state index in [1.807, 2.05) is 0 Å². The molecular formula is C30H22N2. The molecule has 0 spiro atoms. The molecule has 0 saturated heterocycles. The third-order valence-corrected chi connectivity index (χ3v) is 6.83. The van der Waals surface area contributed by atoms with Gasteiger partial charge in [0.25, 0.3) is 0 Å². The molecule has 152 valence electrons. The van der Waals surface area contributed by atoms with Crippen molar-refractivity contribution in [2.45, 2.75) is 12.8 Å². The van der Waals surface area contributed by atoms with Crippen LogP contribution in [-0.2, 0) is 12.8 Å². The highest BCUT2D eigenvalue weighted by molar-refractivity contribution is 6.05. The van der Waals surface area contributed by atoms with E-state index < -0.39 is 0 Å². The van der Waals surface area contributed by atoms with Gasteiger partial charge in [0.05, 0.1) is 16.7 Å². The number of aromatic nitrogens is 2. The summed E-state index contributed by atoms with van der Waals surface area (Å²) in [5, 5.41) is 2.70. The maximum Gasteiger partial charge on any atom is 0.0597 e. The minimum Gasteiger partial charge on any atom is -0.313 e. The van der Waals surface area contributed by atoms with Gasteiger partial charge in [0, 0.05) is 33.4 Å². The summed E-state index contributed by atoms with van der Waals surface area (Å²) in [6.07, 6.45) is 2.08. The monoisotopic (exact) mass is 410 g/mol. The highest BCUT2D eigenvalue weighted by Crippen LogP contribution is 2.46. The molecule has 0 amide bonds. The quantitative estimate of drug-likeness (QED) is 0.283. The van der Waals surface area contributed by atoms with Gasteiger partial charge in [-0.15, -0.1) is 0 Å². The van der Waals surface area contributed by atoms with E-state index in [0.717, 1.165) is 12.8 Å². The molecule has 32 heavy (non-hydrogen) atoms. The fourth-order valence-corrected chi connectivity index (χ4v) is 5.58. The molecule has 1 aliphatic carbocycles. The lowest BCUT2D eigenvalue weighted by Gasteiger charge is -2.20. The molecule has 6 aromatic rings. The molecule has 0 aliphatic heterocycles. The Labute approximate surface area is 187 Å². The predicted molar refractivity (Wildman–Crippen MR) is 133 cm³/mol. The lowest BCUT2D eigenvalue weighted by molar-refractivity contribution is 0.863. The largest absolute Gasteiger partial charge is 0.313 e. The van der Waals surface area contributed by atoms with Crippen LogP contribution in [-0.4, -0.2) is 9.13 Å². The molecule has 0 saturated carbocycles. The van der Waals surface area contributed by atoms with Crippen molar-refractivity contribution < 1.29 is 0 Å². The van der Waals surface area contributed by atoms with Gasteiger partial charge < -0.3 is 9.13 Å².